The van der Waals surface area contributed by atoms with Crippen molar-refractivity contribution in [1.29, 1.82) is 0 Å². The van der Waals surface area contributed by atoms with Crippen molar-refractivity contribution in [2.24, 2.45) is 0 Å². The number of fused-ring (bicyclic) bond motifs is 2. The molecule has 2 unspecified atom stereocenters. The zero-order chi connectivity index (χ0) is 21.1. The normalized spacial score (nSPS) is 21.7. The Balaban J connectivity index is 1.84. The minimum absolute atomic E-state index is 0.121. The summed E-state index contributed by atoms with van der Waals surface area (Å²) in [6.45, 7) is 11.1. The molecule has 2 saturated heterocycles. The van der Waals surface area contributed by atoms with Crippen LogP contribution in [0.25, 0.3) is 0 Å². The van der Waals surface area contributed by atoms with Crippen LogP contribution in [0.1, 0.15) is 30.1 Å². The molecule has 2 atom stereocenters. The largest absolute Gasteiger partial charge is 0.465 e. The number of carbonyl (C=O) groups is 1. The Labute approximate surface area is 176 Å². The summed E-state index contributed by atoms with van der Waals surface area (Å²) in [5.41, 5.74) is 1.98. The van der Waals surface area contributed by atoms with Crippen molar-refractivity contribution < 1.29 is 18.7 Å². The zero-order valence-electron chi connectivity index (χ0n) is 16.8. The molecule has 2 aliphatic heterocycles. The van der Waals surface area contributed by atoms with Crippen LogP contribution < -0.4 is 0 Å². The van der Waals surface area contributed by atoms with Crippen LogP contribution >= 0.6 is 11.6 Å². The van der Waals surface area contributed by atoms with Gasteiger partial charge in [0.25, 0.3) is 5.91 Å². The molecule has 7 heteroatoms. The van der Waals surface area contributed by atoms with Crippen LogP contribution in [-0.2, 0) is 9.47 Å². The van der Waals surface area contributed by atoms with Gasteiger partial charge < -0.3 is 19.3 Å². The van der Waals surface area contributed by atoms with Crippen LogP contribution in [0.5, 0.6) is 0 Å². The number of rotatable bonds is 7. The lowest BCUT2D eigenvalue weighted by Crippen LogP contribution is -2.54. The van der Waals surface area contributed by atoms with Crippen LogP contribution in [0.4, 0.5) is 4.39 Å². The van der Waals surface area contributed by atoms with Crippen molar-refractivity contribution in [3.8, 4) is 0 Å². The summed E-state index contributed by atoms with van der Waals surface area (Å²) in [5.74, 6) is 0.0205. The summed E-state index contributed by atoms with van der Waals surface area (Å²) in [4.78, 5) is 17.1. The predicted molar refractivity (Wildman–Crippen MR) is 111 cm³/mol. The van der Waals surface area contributed by atoms with E-state index in [1.54, 1.807) is 18.1 Å². The fraction of sp³-hybridized carbons (Fsp3) is 0.409. The van der Waals surface area contributed by atoms with Gasteiger partial charge >= 0.3 is 0 Å². The summed E-state index contributed by atoms with van der Waals surface area (Å²) in [6, 6.07) is 4.14. The van der Waals surface area contributed by atoms with Crippen LogP contribution in [-0.4, -0.2) is 54.8 Å². The number of methoxy groups -OCH3 is 1. The number of benzene rings is 1. The Hall–Kier alpha value is -2.31. The van der Waals surface area contributed by atoms with Crippen molar-refractivity contribution in [2.75, 3.05) is 27.0 Å². The summed E-state index contributed by atoms with van der Waals surface area (Å²) < 4.78 is 24.2. The molecule has 0 spiro atoms. The number of allylic oxidation sites excluding steroid dienone is 2. The molecule has 3 rings (SSSR count). The highest BCUT2D eigenvalue weighted by Gasteiger charge is 2.43. The summed E-state index contributed by atoms with van der Waals surface area (Å²) in [5, 5.41) is 0.133. The van der Waals surface area contributed by atoms with E-state index in [2.05, 4.69) is 18.1 Å². The number of ether oxygens (including phenoxy) is 2. The first-order valence-corrected chi connectivity index (χ1v) is 9.92. The van der Waals surface area contributed by atoms with E-state index >= 15 is 0 Å². The molecule has 0 aliphatic carbocycles. The smallest absolute Gasteiger partial charge is 0.255 e. The lowest BCUT2D eigenvalue weighted by atomic mass is 10.1. The van der Waals surface area contributed by atoms with Gasteiger partial charge in [0.1, 0.15) is 11.6 Å². The van der Waals surface area contributed by atoms with Gasteiger partial charge in [0.05, 0.1) is 16.3 Å². The maximum atomic E-state index is 13.3. The fourth-order valence-corrected chi connectivity index (χ4v) is 4.39. The molecule has 5 nitrogen and oxygen atoms in total. The molecule has 0 aromatic heterocycles. The Morgan fingerprint density at radius 1 is 1.34 bits per heavy atom. The van der Waals surface area contributed by atoms with Crippen molar-refractivity contribution in [1.82, 2.24) is 9.80 Å². The molecule has 0 radical (unpaired) electrons. The molecule has 2 bridgehead atoms. The van der Waals surface area contributed by atoms with E-state index in [1.807, 2.05) is 6.92 Å². The van der Waals surface area contributed by atoms with Crippen molar-refractivity contribution >= 4 is 17.5 Å². The van der Waals surface area contributed by atoms with Crippen LogP contribution in [0, 0.1) is 5.82 Å². The minimum atomic E-state index is -0.458. The van der Waals surface area contributed by atoms with Gasteiger partial charge in [-0.1, -0.05) is 24.8 Å². The molecular formula is C22H26ClFN2O3. The first-order valence-electron chi connectivity index (χ1n) is 9.54. The third-order valence-corrected chi connectivity index (χ3v) is 5.66. The number of hydrogen-bond donors (Lipinski definition) is 0. The fourth-order valence-electron chi connectivity index (χ4n) is 4.14. The van der Waals surface area contributed by atoms with E-state index in [4.69, 9.17) is 21.1 Å². The number of amides is 1. The van der Waals surface area contributed by atoms with E-state index in [1.165, 1.54) is 18.2 Å². The topological polar surface area (TPSA) is 42.0 Å². The number of piperazine rings is 1. The standard InChI is InChI=1S/C22H26ClFN2O3/c1-5-20(21(14(2)3)29-13-28-4)26-16-7-8-17(26)12-25(11-16)22(27)18-9-6-15(24)10-19(18)23/h5-6,9-10,16-17H,1-2,7-8,11-13H2,3-4H3/b21-20-. The predicted octanol–water partition coefficient (Wildman–Crippen LogP) is 4.36. The van der Waals surface area contributed by atoms with E-state index in [9.17, 15) is 9.18 Å². The van der Waals surface area contributed by atoms with Crippen LogP contribution in [0.2, 0.25) is 5.02 Å². The van der Waals surface area contributed by atoms with E-state index in [0.717, 1.165) is 24.1 Å². The lowest BCUT2D eigenvalue weighted by molar-refractivity contribution is 0.00318. The number of nitrogens with zero attached hydrogens (tertiary/aromatic N) is 2. The number of carbonyl (C=O) groups excluding carboxylic acids is 1. The average Bonchev–Trinajstić information content (AvgIpc) is 2.93. The maximum Gasteiger partial charge on any atom is 0.255 e. The molecule has 2 aliphatic rings. The van der Waals surface area contributed by atoms with Gasteiger partial charge in [0.15, 0.2) is 6.79 Å². The van der Waals surface area contributed by atoms with Gasteiger partial charge in [-0.3, -0.25) is 4.79 Å². The highest BCUT2D eigenvalue weighted by molar-refractivity contribution is 6.33. The van der Waals surface area contributed by atoms with Gasteiger partial charge in [0, 0.05) is 32.3 Å². The van der Waals surface area contributed by atoms with Crippen molar-refractivity contribution in [2.45, 2.75) is 31.8 Å². The first-order chi connectivity index (χ1) is 13.9. The third-order valence-electron chi connectivity index (χ3n) is 5.34. The monoisotopic (exact) mass is 420 g/mol. The van der Waals surface area contributed by atoms with E-state index < -0.39 is 5.82 Å². The van der Waals surface area contributed by atoms with Crippen molar-refractivity contribution in [3.63, 3.8) is 0 Å². The van der Waals surface area contributed by atoms with Crippen LogP contribution in [0.15, 0.2) is 54.5 Å². The zero-order valence-corrected chi connectivity index (χ0v) is 17.5. The molecule has 1 aromatic rings. The Morgan fingerprint density at radius 2 is 2.00 bits per heavy atom. The minimum Gasteiger partial charge on any atom is -0.465 e. The Morgan fingerprint density at radius 3 is 2.52 bits per heavy atom. The highest BCUT2D eigenvalue weighted by Crippen LogP contribution is 2.37. The molecule has 0 saturated carbocycles. The van der Waals surface area contributed by atoms with Gasteiger partial charge in [0.2, 0.25) is 0 Å². The molecule has 29 heavy (non-hydrogen) atoms. The van der Waals surface area contributed by atoms with Gasteiger partial charge in [-0.2, -0.15) is 0 Å². The lowest BCUT2D eigenvalue weighted by Gasteiger charge is -2.43. The number of likely N-dealkylation sites (tertiary alicyclic amines) is 1. The Kier molecular flexibility index (Phi) is 6.65. The number of hydrogen-bond acceptors (Lipinski definition) is 4. The summed E-state index contributed by atoms with van der Waals surface area (Å²) in [6.07, 6.45) is 3.69. The van der Waals surface area contributed by atoms with Gasteiger partial charge in [-0.25, -0.2) is 4.39 Å². The highest BCUT2D eigenvalue weighted by atomic mass is 35.5. The molecule has 0 N–H and O–H groups in total. The molecule has 2 fully saturated rings. The van der Waals surface area contributed by atoms with Gasteiger partial charge in [-0.05, 0) is 49.6 Å². The summed E-state index contributed by atoms with van der Waals surface area (Å²) in [7, 11) is 1.57. The number of halogens is 2. The van der Waals surface area contributed by atoms with E-state index in [0.29, 0.717) is 24.4 Å². The Bertz CT molecular complexity index is 840. The van der Waals surface area contributed by atoms with Crippen LogP contribution in [0.3, 0.4) is 0 Å². The summed E-state index contributed by atoms with van der Waals surface area (Å²) >= 11 is 6.10. The molecule has 156 valence electrons. The maximum absolute atomic E-state index is 13.3. The quantitative estimate of drug-likeness (QED) is 0.373. The van der Waals surface area contributed by atoms with E-state index in [-0.39, 0.29) is 29.8 Å². The molecular weight excluding hydrogens is 395 g/mol. The van der Waals surface area contributed by atoms with Gasteiger partial charge in [-0.15, -0.1) is 0 Å². The van der Waals surface area contributed by atoms with Crippen molar-refractivity contribution in [3.05, 3.63) is 70.9 Å². The molecule has 2 heterocycles. The molecule has 1 amide bonds. The third kappa shape index (κ3) is 4.33. The second-order valence-corrected chi connectivity index (χ2v) is 7.78. The average molecular weight is 421 g/mol. The second kappa shape index (κ2) is 9.01. The SMILES string of the molecule is C=C/C(=C(/OCOC)C(=C)C)N1C2CCC1CN(C(=O)c1ccc(F)cc1Cl)C2. The molecule has 1 aromatic carbocycles. The first kappa shape index (κ1) is 21.4. The second-order valence-electron chi connectivity index (χ2n) is 7.38.